The molecule has 0 radical (unpaired) electrons. The Labute approximate surface area is 269 Å². The Morgan fingerprint density at radius 1 is 0.911 bits per heavy atom. The topological polar surface area (TPSA) is 74.7 Å². The summed E-state index contributed by atoms with van der Waals surface area (Å²) in [5, 5.41) is 13.8. The van der Waals surface area contributed by atoms with Crippen LogP contribution in [0.1, 0.15) is 44.2 Å². The molecule has 1 N–H and O–H groups in total. The fourth-order valence-corrected chi connectivity index (χ4v) is 7.07. The normalized spacial score (nSPS) is 17.4. The number of hydrogen-bond acceptors (Lipinski definition) is 8. The number of anilines is 2. The van der Waals surface area contributed by atoms with Gasteiger partial charge in [-0.3, -0.25) is 14.6 Å². The number of unbranched alkanes of at least 4 members (excludes halogenated alkanes) is 1. The molecule has 9 heteroatoms. The van der Waals surface area contributed by atoms with Crippen LogP contribution >= 0.6 is 11.3 Å². The summed E-state index contributed by atoms with van der Waals surface area (Å²) in [4.78, 5) is 19.8. The Kier molecular flexibility index (Phi) is 10.0. The molecule has 0 saturated carbocycles. The van der Waals surface area contributed by atoms with Crippen LogP contribution in [0.3, 0.4) is 0 Å². The van der Waals surface area contributed by atoms with Crippen molar-refractivity contribution < 1.29 is 24.1 Å². The molecule has 0 aliphatic carbocycles. The number of benzene rings is 3. The molecule has 0 spiro atoms. The highest BCUT2D eigenvalue weighted by atomic mass is 32.1. The van der Waals surface area contributed by atoms with Gasteiger partial charge < -0.3 is 24.2 Å². The molecular weight excluding hydrogens is 586 g/mol. The summed E-state index contributed by atoms with van der Waals surface area (Å²) >= 11 is 1.81. The number of hydrogen-bond donors (Lipinski definition) is 1. The van der Waals surface area contributed by atoms with Gasteiger partial charge in [0.1, 0.15) is 12.5 Å². The largest absolute Gasteiger partial charge is 0.494 e. The minimum atomic E-state index is -1.45. The van der Waals surface area contributed by atoms with Crippen molar-refractivity contribution in [2.45, 2.75) is 51.6 Å². The van der Waals surface area contributed by atoms with Crippen LogP contribution in [-0.4, -0.2) is 68.5 Å². The second kappa shape index (κ2) is 14.3. The molecule has 6 rings (SSSR count). The molecule has 45 heavy (non-hydrogen) atoms. The third kappa shape index (κ3) is 7.68. The van der Waals surface area contributed by atoms with E-state index in [4.69, 9.17) is 14.2 Å². The maximum absolute atomic E-state index is 13.1. The molecule has 1 saturated heterocycles. The third-order valence-electron chi connectivity index (χ3n) is 8.79. The van der Waals surface area contributed by atoms with E-state index in [1.807, 2.05) is 48.5 Å². The van der Waals surface area contributed by atoms with Gasteiger partial charge in [0.2, 0.25) is 5.91 Å². The van der Waals surface area contributed by atoms with Crippen LogP contribution in [0.2, 0.25) is 0 Å². The van der Waals surface area contributed by atoms with Gasteiger partial charge >= 0.3 is 0 Å². The fourth-order valence-electron chi connectivity index (χ4n) is 6.26. The highest BCUT2D eigenvalue weighted by Crippen LogP contribution is 2.42. The van der Waals surface area contributed by atoms with E-state index in [1.165, 1.54) is 15.8 Å². The van der Waals surface area contributed by atoms with Crippen LogP contribution in [-0.2, 0) is 26.3 Å². The van der Waals surface area contributed by atoms with Gasteiger partial charge in [0, 0.05) is 59.9 Å². The molecule has 4 aromatic rings. The van der Waals surface area contributed by atoms with E-state index in [2.05, 4.69) is 53.3 Å². The summed E-state index contributed by atoms with van der Waals surface area (Å²) in [6, 6.07) is 24.4. The molecule has 1 unspecified atom stereocenters. The fraction of sp³-hybridized carbons (Fsp3) is 0.417. The van der Waals surface area contributed by atoms with Gasteiger partial charge in [-0.1, -0.05) is 56.3 Å². The Bertz CT molecular complexity index is 1570. The van der Waals surface area contributed by atoms with Gasteiger partial charge in [-0.05, 0) is 60.2 Å². The Hall–Kier alpha value is -3.47. The minimum Gasteiger partial charge on any atom is -0.494 e. The van der Waals surface area contributed by atoms with Gasteiger partial charge in [-0.15, -0.1) is 11.3 Å². The lowest BCUT2D eigenvalue weighted by Crippen LogP contribution is -2.46. The lowest BCUT2D eigenvalue weighted by molar-refractivity contribution is -0.267. The van der Waals surface area contributed by atoms with E-state index in [0.717, 1.165) is 68.1 Å². The number of thiophene rings is 1. The quantitative estimate of drug-likeness (QED) is 0.136. The van der Waals surface area contributed by atoms with Crippen LogP contribution in [0.25, 0.3) is 10.1 Å². The van der Waals surface area contributed by atoms with Gasteiger partial charge in [0.25, 0.3) is 6.48 Å². The van der Waals surface area contributed by atoms with Crippen molar-refractivity contribution in [2.75, 3.05) is 55.9 Å². The van der Waals surface area contributed by atoms with Crippen LogP contribution < -0.4 is 14.5 Å². The highest BCUT2D eigenvalue weighted by molar-refractivity contribution is 7.17. The van der Waals surface area contributed by atoms with E-state index in [1.54, 1.807) is 16.2 Å². The van der Waals surface area contributed by atoms with Crippen molar-refractivity contribution in [3.63, 3.8) is 0 Å². The van der Waals surface area contributed by atoms with Crippen LogP contribution in [0.15, 0.2) is 78.2 Å². The van der Waals surface area contributed by atoms with E-state index in [9.17, 15) is 9.90 Å². The first kappa shape index (κ1) is 31.5. The molecule has 3 aromatic carbocycles. The van der Waals surface area contributed by atoms with Crippen molar-refractivity contribution in [2.24, 2.45) is 0 Å². The number of aliphatic hydroxyl groups excluding tert-OH is 1. The van der Waals surface area contributed by atoms with Crippen LogP contribution in [0, 0.1) is 0 Å². The van der Waals surface area contributed by atoms with Crippen LogP contribution in [0.5, 0.6) is 5.75 Å². The first-order valence-electron chi connectivity index (χ1n) is 15.8. The number of carbonyl (C=O) groups is 1. The first-order chi connectivity index (χ1) is 21.9. The summed E-state index contributed by atoms with van der Waals surface area (Å²) in [6.07, 6.45) is 2.37. The molecule has 0 bridgehead atoms. The van der Waals surface area contributed by atoms with Gasteiger partial charge in [-0.2, -0.15) is 0 Å². The molecule has 2 aliphatic rings. The number of rotatable bonds is 13. The van der Waals surface area contributed by atoms with Crippen molar-refractivity contribution >= 4 is 38.7 Å². The van der Waals surface area contributed by atoms with Gasteiger partial charge in [0.15, 0.2) is 0 Å². The molecule has 2 aliphatic heterocycles. The van der Waals surface area contributed by atoms with Gasteiger partial charge in [0.05, 0.1) is 18.9 Å². The van der Waals surface area contributed by atoms with Crippen molar-refractivity contribution in [3.05, 3.63) is 89.3 Å². The molecular formula is C36H43N3O5S. The van der Waals surface area contributed by atoms with Gasteiger partial charge in [-0.25, -0.2) is 0 Å². The zero-order valence-corrected chi connectivity index (χ0v) is 27.0. The van der Waals surface area contributed by atoms with Crippen molar-refractivity contribution in [3.8, 4) is 5.75 Å². The minimum absolute atomic E-state index is 0.0630. The van der Waals surface area contributed by atoms with Crippen molar-refractivity contribution in [1.29, 1.82) is 0 Å². The number of piperazine rings is 1. The SMILES string of the molecule is CC1(C)CC(=O)N(COC(O)OCc2ccccc2)c2cc(OCCCCN3CCN(c4cccc5sccc45)CC3)ccc21. The maximum atomic E-state index is 13.1. The standard InChI is InChI=1S/C36H43N3O5S/c1-36(2)24-34(40)39(26-44-35(41)43-25-27-9-4-3-5-10-27)32-23-28(13-14-30(32)36)42-21-7-6-16-37-17-19-38(20-18-37)31-11-8-12-33-29(31)15-22-45-33/h3-5,8-15,22-23,35,41H,6-7,16-21,24-26H2,1-2H3. The zero-order chi connectivity index (χ0) is 31.2. The summed E-state index contributed by atoms with van der Waals surface area (Å²) < 4.78 is 18.5. The Balaban J connectivity index is 0.967. The predicted octanol–water partition coefficient (Wildman–Crippen LogP) is 6.36. The number of fused-ring (bicyclic) bond motifs is 2. The first-order valence-corrected chi connectivity index (χ1v) is 16.7. The maximum Gasteiger partial charge on any atom is 0.271 e. The summed E-state index contributed by atoms with van der Waals surface area (Å²) in [6.45, 7) is 8.69. The molecule has 8 nitrogen and oxygen atoms in total. The Morgan fingerprint density at radius 2 is 1.73 bits per heavy atom. The number of aliphatic hydroxyl groups is 1. The van der Waals surface area contributed by atoms with E-state index in [0.29, 0.717) is 13.0 Å². The molecule has 1 atom stereocenters. The zero-order valence-electron chi connectivity index (χ0n) is 26.2. The second-order valence-electron chi connectivity index (χ2n) is 12.5. The lowest BCUT2D eigenvalue weighted by Gasteiger charge is -2.38. The third-order valence-corrected chi connectivity index (χ3v) is 9.67. The summed E-state index contributed by atoms with van der Waals surface area (Å²) in [7, 11) is 0. The molecule has 1 amide bonds. The smallest absolute Gasteiger partial charge is 0.271 e. The van der Waals surface area contributed by atoms with Crippen LogP contribution in [0.4, 0.5) is 11.4 Å². The summed E-state index contributed by atoms with van der Waals surface area (Å²) in [5.74, 6) is 0.661. The van der Waals surface area contributed by atoms with E-state index >= 15 is 0 Å². The average molecular weight is 630 g/mol. The second-order valence-corrected chi connectivity index (χ2v) is 13.4. The molecule has 1 fully saturated rings. The van der Waals surface area contributed by atoms with Crippen molar-refractivity contribution in [1.82, 2.24) is 4.90 Å². The predicted molar refractivity (Wildman–Crippen MR) is 180 cm³/mol. The molecule has 238 valence electrons. The number of amides is 1. The Morgan fingerprint density at radius 3 is 2.56 bits per heavy atom. The molecule has 3 heterocycles. The van der Waals surface area contributed by atoms with E-state index in [-0.39, 0.29) is 24.7 Å². The number of nitrogens with zero attached hydrogens (tertiary/aromatic N) is 3. The van der Waals surface area contributed by atoms with E-state index < -0.39 is 6.48 Å². The average Bonchev–Trinajstić information content (AvgIpc) is 3.53. The summed E-state index contributed by atoms with van der Waals surface area (Å²) in [5.41, 5.74) is 3.76. The molecule has 1 aromatic heterocycles. The highest BCUT2D eigenvalue weighted by Gasteiger charge is 2.37. The monoisotopic (exact) mass is 629 g/mol. The number of carbonyl (C=O) groups excluding carboxylic acids is 1. The number of ether oxygens (including phenoxy) is 3. The lowest BCUT2D eigenvalue weighted by atomic mass is 9.77.